The lowest BCUT2D eigenvalue weighted by atomic mass is 9.77. The third-order valence-corrected chi connectivity index (χ3v) is 5.03. The summed E-state index contributed by atoms with van der Waals surface area (Å²) in [5, 5.41) is 5.80. The van der Waals surface area contributed by atoms with Crippen LogP contribution in [-0.4, -0.2) is 40.6 Å². The fourth-order valence-electron chi connectivity index (χ4n) is 3.36. The number of imidazole rings is 1. The predicted octanol–water partition coefficient (Wildman–Crippen LogP) is 0.448. The molecule has 2 N–H and O–H groups in total. The van der Waals surface area contributed by atoms with E-state index >= 15 is 0 Å². The van der Waals surface area contributed by atoms with Crippen molar-refractivity contribution in [2.24, 2.45) is 5.41 Å². The van der Waals surface area contributed by atoms with E-state index in [4.69, 9.17) is 4.74 Å². The van der Waals surface area contributed by atoms with Crippen LogP contribution in [0.1, 0.15) is 43.0 Å². The average molecular weight is 306 g/mol. The van der Waals surface area contributed by atoms with Gasteiger partial charge in [0.05, 0.1) is 12.8 Å². The van der Waals surface area contributed by atoms with Crippen LogP contribution >= 0.6 is 0 Å². The fourth-order valence-corrected chi connectivity index (χ4v) is 3.36. The monoisotopic (exact) mass is 306 g/mol. The van der Waals surface area contributed by atoms with Gasteiger partial charge in [-0.15, -0.1) is 0 Å². The number of hydrogen-bond acceptors (Lipinski definition) is 4. The molecule has 1 unspecified atom stereocenters. The van der Waals surface area contributed by atoms with Gasteiger partial charge < -0.3 is 19.9 Å². The highest BCUT2D eigenvalue weighted by molar-refractivity contribution is 5.97. The summed E-state index contributed by atoms with van der Waals surface area (Å²) in [4.78, 5) is 29.0. The molecule has 1 saturated heterocycles. The zero-order valence-electron chi connectivity index (χ0n) is 13.0. The maximum absolute atomic E-state index is 12.6. The van der Waals surface area contributed by atoms with Gasteiger partial charge in [0.15, 0.2) is 0 Å². The lowest BCUT2D eigenvalue weighted by molar-refractivity contribution is -0.121. The molecular formula is C15H22N4O3. The first-order chi connectivity index (χ1) is 10.6. The van der Waals surface area contributed by atoms with Crippen LogP contribution in [0.5, 0.6) is 0 Å². The first-order valence-electron chi connectivity index (χ1n) is 7.82. The number of nitrogens with one attached hydrogen (secondary N) is 2. The molecule has 0 spiro atoms. The molecule has 7 nitrogen and oxygen atoms in total. The Morgan fingerprint density at radius 1 is 1.55 bits per heavy atom. The summed E-state index contributed by atoms with van der Waals surface area (Å²) in [6.07, 6.45) is 3.24. The normalized spacial score (nSPS) is 23.0. The van der Waals surface area contributed by atoms with Crippen LogP contribution in [-0.2, 0) is 22.7 Å². The highest BCUT2D eigenvalue weighted by Crippen LogP contribution is 2.34. The maximum atomic E-state index is 12.6. The Balaban J connectivity index is 1.81. The summed E-state index contributed by atoms with van der Waals surface area (Å²) in [5.74, 6) is 0.414. The average Bonchev–Trinajstić information content (AvgIpc) is 3.10. The Hall–Kier alpha value is -1.89. The van der Waals surface area contributed by atoms with E-state index in [-0.39, 0.29) is 17.2 Å². The zero-order valence-corrected chi connectivity index (χ0v) is 13.0. The molecule has 1 aromatic heterocycles. The van der Waals surface area contributed by atoms with Crippen molar-refractivity contribution < 1.29 is 14.3 Å². The number of ether oxygens (including phenoxy) is 1. The number of carbonyl (C=O) groups excluding carboxylic acids is 2. The van der Waals surface area contributed by atoms with Crippen molar-refractivity contribution >= 4 is 11.8 Å². The predicted molar refractivity (Wildman–Crippen MR) is 79.2 cm³/mol. The molecule has 0 aliphatic carbocycles. The van der Waals surface area contributed by atoms with Crippen molar-refractivity contribution in [1.29, 1.82) is 0 Å². The molecule has 3 heterocycles. The Labute approximate surface area is 129 Å². The SMILES string of the molecule is CCC1(CC)CNC(=O)C1NC(=O)c1cnc2n1CCOC2. The molecule has 2 aliphatic rings. The summed E-state index contributed by atoms with van der Waals surface area (Å²) < 4.78 is 7.19. The van der Waals surface area contributed by atoms with Crippen LogP contribution in [0, 0.1) is 5.41 Å². The molecule has 0 bridgehead atoms. The Morgan fingerprint density at radius 3 is 3.05 bits per heavy atom. The second-order valence-corrected chi connectivity index (χ2v) is 5.96. The molecular weight excluding hydrogens is 284 g/mol. The summed E-state index contributed by atoms with van der Waals surface area (Å²) in [7, 11) is 0. The molecule has 22 heavy (non-hydrogen) atoms. The van der Waals surface area contributed by atoms with Gasteiger partial charge in [-0.05, 0) is 12.8 Å². The number of amides is 2. The van der Waals surface area contributed by atoms with Crippen molar-refractivity contribution in [2.75, 3.05) is 13.2 Å². The smallest absolute Gasteiger partial charge is 0.270 e. The number of carbonyl (C=O) groups is 2. The highest BCUT2D eigenvalue weighted by atomic mass is 16.5. The Kier molecular flexibility index (Phi) is 3.90. The summed E-state index contributed by atoms with van der Waals surface area (Å²) >= 11 is 0. The number of hydrogen-bond donors (Lipinski definition) is 2. The maximum Gasteiger partial charge on any atom is 0.270 e. The molecule has 1 atom stereocenters. The Bertz CT molecular complexity index is 592. The van der Waals surface area contributed by atoms with Crippen LogP contribution in [0.15, 0.2) is 6.20 Å². The minimum absolute atomic E-state index is 0.0984. The Morgan fingerprint density at radius 2 is 2.32 bits per heavy atom. The van der Waals surface area contributed by atoms with Crippen molar-refractivity contribution in [1.82, 2.24) is 20.2 Å². The van der Waals surface area contributed by atoms with Gasteiger partial charge in [0.1, 0.15) is 24.2 Å². The van der Waals surface area contributed by atoms with E-state index in [1.165, 1.54) is 0 Å². The second kappa shape index (κ2) is 5.72. The van der Waals surface area contributed by atoms with E-state index in [0.29, 0.717) is 32.0 Å². The van der Waals surface area contributed by atoms with E-state index in [2.05, 4.69) is 29.5 Å². The number of nitrogens with zero attached hydrogens (tertiary/aromatic N) is 2. The molecule has 0 aromatic carbocycles. The molecule has 2 aliphatic heterocycles. The summed E-state index contributed by atoms with van der Waals surface area (Å²) in [6, 6.07) is -0.485. The van der Waals surface area contributed by atoms with Gasteiger partial charge in [0, 0.05) is 18.5 Å². The van der Waals surface area contributed by atoms with Crippen LogP contribution in [0.2, 0.25) is 0 Å². The van der Waals surface area contributed by atoms with Gasteiger partial charge in [-0.3, -0.25) is 9.59 Å². The number of fused-ring (bicyclic) bond motifs is 1. The van der Waals surface area contributed by atoms with Crippen LogP contribution < -0.4 is 10.6 Å². The highest BCUT2D eigenvalue weighted by Gasteiger charge is 2.46. The lowest BCUT2D eigenvalue weighted by Gasteiger charge is -2.31. The van der Waals surface area contributed by atoms with Gasteiger partial charge in [-0.25, -0.2) is 4.98 Å². The van der Waals surface area contributed by atoms with Crippen molar-refractivity contribution in [3.63, 3.8) is 0 Å². The van der Waals surface area contributed by atoms with Crippen molar-refractivity contribution in [3.8, 4) is 0 Å². The van der Waals surface area contributed by atoms with E-state index < -0.39 is 6.04 Å². The molecule has 3 rings (SSSR count). The van der Waals surface area contributed by atoms with Gasteiger partial charge in [-0.2, -0.15) is 0 Å². The lowest BCUT2D eigenvalue weighted by Crippen LogP contribution is -2.49. The van der Waals surface area contributed by atoms with E-state index in [1.807, 2.05) is 4.57 Å². The van der Waals surface area contributed by atoms with Crippen molar-refractivity contribution in [3.05, 3.63) is 17.7 Å². The number of aromatic nitrogens is 2. The third-order valence-electron chi connectivity index (χ3n) is 5.03. The van der Waals surface area contributed by atoms with Gasteiger partial charge >= 0.3 is 0 Å². The second-order valence-electron chi connectivity index (χ2n) is 5.96. The quantitative estimate of drug-likeness (QED) is 0.845. The summed E-state index contributed by atoms with van der Waals surface area (Å²) in [5.41, 5.74) is 0.291. The third kappa shape index (κ3) is 2.29. The molecule has 1 fully saturated rings. The minimum atomic E-state index is -0.485. The molecule has 0 radical (unpaired) electrons. The fraction of sp³-hybridized carbons (Fsp3) is 0.667. The largest absolute Gasteiger partial charge is 0.372 e. The first-order valence-corrected chi connectivity index (χ1v) is 7.82. The van der Waals surface area contributed by atoms with Crippen LogP contribution in [0.3, 0.4) is 0 Å². The summed E-state index contributed by atoms with van der Waals surface area (Å²) in [6.45, 7) is 6.33. The van der Waals surface area contributed by atoms with E-state index in [1.54, 1.807) is 6.20 Å². The van der Waals surface area contributed by atoms with Crippen LogP contribution in [0.4, 0.5) is 0 Å². The first kappa shape index (κ1) is 15.0. The van der Waals surface area contributed by atoms with Gasteiger partial charge in [-0.1, -0.05) is 13.8 Å². The molecule has 2 amide bonds. The molecule has 1 aromatic rings. The molecule has 0 saturated carbocycles. The molecule has 7 heteroatoms. The van der Waals surface area contributed by atoms with Gasteiger partial charge in [0.25, 0.3) is 5.91 Å². The van der Waals surface area contributed by atoms with Crippen molar-refractivity contribution in [2.45, 2.75) is 45.9 Å². The minimum Gasteiger partial charge on any atom is -0.372 e. The van der Waals surface area contributed by atoms with Crippen LogP contribution in [0.25, 0.3) is 0 Å². The van der Waals surface area contributed by atoms with E-state index in [0.717, 1.165) is 18.7 Å². The molecule has 120 valence electrons. The number of rotatable bonds is 4. The topological polar surface area (TPSA) is 85.3 Å². The van der Waals surface area contributed by atoms with E-state index in [9.17, 15) is 9.59 Å². The van der Waals surface area contributed by atoms with Gasteiger partial charge in [0.2, 0.25) is 5.91 Å². The zero-order chi connectivity index (χ0) is 15.7. The standard InChI is InChI=1S/C15H22N4O3/c1-3-15(4-2)9-17-14(21)12(15)18-13(20)10-7-16-11-8-22-6-5-19(10)11/h7,12H,3-6,8-9H2,1-2H3,(H,17,21)(H,18,20).